The highest BCUT2D eigenvalue weighted by Crippen LogP contribution is 2.48. The summed E-state index contributed by atoms with van der Waals surface area (Å²) in [5, 5.41) is 13.5. The number of nitrogen functional groups attached to an aromatic ring is 1. The molecule has 1 aromatic carbocycles. The molecule has 0 saturated heterocycles. The summed E-state index contributed by atoms with van der Waals surface area (Å²) in [6.45, 7) is 4.04. The van der Waals surface area contributed by atoms with Gasteiger partial charge in [0.05, 0.1) is 6.07 Å². The molecule has 0 spiro atoms. The maximum Gasteiger partial charge on any atom is 0.229 e. The van der Waals surface area contributed by atoms with Gasteiger partial charge >= 0.3 is 0 Å². The van der Waals surface area contributed by atoms with Crippen LogP contribution in [0.3, 0.4) is 0 Å². The molecule has 0 aliphatic heterocycles. The zero-order valence-electron chi connectivity index (χ0n) is 15.8. The van der Waals surface area contributed by atoms with Crippen LogP contribution in [0.15, 0.2) is 42.9 Å². The molecule has 0 bridgehead atoms. The van der Waals surface area contributed by atoms with E-state index < -0.39 is 0 Å². The quantitative estimate of drug-likeness (QED) is 0.676. The second-order valence-electron chi connectivity index (χ2n) is 7.45. The van der Waals surface area contributed by atoms with Crippen molar-refractivity contribution < 1.29 is 4.79 Å². The van der Waals surface area contributed by atoms with Crippen LogP contribution >= 0.6 is 0 Å². The van der Waals surface area contributed by atoms with Gasteiger partial charge in [0.2, 0.25) is 5.91 Å². The fraction of sp³-hybridized carbons (Fsp3) is 0.273. The number of carbonyl (C=O) groups excluding carboxylic acids is 1. The van der Waals surface area contributed by atoms with Crippen LogP contribution in [0.25, 0.3) is 21.9 Å². The summed E-state index contributed by atoms with van der Waals surface area (Å²) in [5.74, 6) is 0.669. The lowest BCUT2D eigenvalue weighted by molar-refractivity contribution is -0.117. The summed E-state index contributed by atoms with van der Waals surface area (Å²) in [6, 6.07) is 9.90. The highest BCUT2D eigenvalue weighted by atomic mass is 16.2. The third kappa shape index (κ3) is 3.16. The number of amides is 1. The van der Waals surface area contributed by atoms with E-state index in [1.165, 1.54) is 0 Å². The fourth-order valence-corrected chi connectivity index (χ4v) is 3.88. The Balaban J connectivity index is 1.64. The lowest BCUT2D eigenvalue weighted by Gasteiger charge is -2.11. The highest BCUT2D eigenvalue weighted by molar-refractivity contribution is 6.00. The van der Waals surface area contributed by atoms with Crippen molar-refractivity contribution in [2.45, 2.75) is 20.3 Å². The average Bonchev–Trinajstić information content (AvgIpc) is 3.31. The number of pyridine rings is 2. The van der Waals surface area contributed by atoms with E-state index in [4.69, 9.17) is 11.0 Å². The van der Waals surface area contributed by atoms with Gasteiger partial charge in [-0.2, -0.15) is 5.26 Å². The number of carbonyl (C=O) groups is 1. The molecule has 6 nitrogen and oxygen atoms in total. The molecule has 1 saturated carbocycles. The minimum Gasteiger partial charge on any atom is -0.398 e. The van der Waals surface area contributed by atoms with Crippen LogP contribution in [0, 0.1) is 36.0 Å². The molecule has 1 fully saturated rings. The molecule has 3 atom stereocenters. The second-order valence-corrected chi connectivity index (χ2v) is 7.45. The van der Waals surface area contributed by atoms with E-state index in [2.05, 4.69) is 21.4 Å². The van der Waals surface area contributed by atoms with Crippen LogP contribution in [-0.4, -0.2) is 15.9 Å². The lowest BCUT2D eigenvalue weighted by Crippen LogP contribution is -2.16. The summed E-state index contributed by atoms with van der Waals surface area (Å²) in [5.41, 5.74) is 9.98. The van der Waals surface area contributed by atoms with Crippen molar-refractivity contribution >= 4 is 28.2 Å². The maximum absolute atomic E-state index is 12.5. The molecule has 1 amide bonds. The zero-order valence-corrected chi connectivity index (χ0v) is 15.8. The molecule has 1 unspecified atom stereocenters. The van der Waals surface area contributed by atoms with E-state index in [-0.39, 0.29) is 23.7 Å². The van der Waals surface area contributed by atoms with E-state index in [1.807, 2.05) is 44.3 Å². The van der Waals surface area contributed by atoms with Gasteiger partial charge in [0.15, 0.2) is 0 Å². The summed E-state index contributed by atoms with van der Waals surface area (Å²) < 4.78 is 0. The summed E-state index contributed by atoms with van der Waals surface area (Å²) >= 11 is 0. The molecule has 3 N–H and O–H groups in total. The minimum atomic E-state index is -0.119. The molecule has 3 aromatic rings. The van der Waals surface area contributed by atoms with E-state index in [0.29, 0.717) is 17.9 Å². The standard InChI is InChI=1S/C22H21N5O/c1-12-4-6-25-10-17(12)14-7-15-9-20(26-11-18(15)19(24)8-14)27-22(28)21-13(2)16(21)3-5-23/h4,6-11,13,16,21H,3,24H2,1-2H3,(H,26,27,28)/t13-,16+,21?/m1/s1. The van der Waals surface area contributed by atoms with Crippen molar-refractivity contribution in [2.75, 3.05) is 11.1 Å². The molecular formula is C22H21N5O. The molecule has 0 radical (unpaired) electrons. The number of nitrogens with two attached hydrogens (primary N) is 1. The van der Waals surface area contributed by atoms with Gasteiger partial charge in [-0.25, -0.2) is 4.98 Å². The number of hydrogen-bond donors (Lipinski definition) is 2. The van der Waals surface area contributed by atoms with Crippen molar-refractivity contribution in [1.82, 2.24) is 9.97 Å². The Kier molecular flexibility index (Phi) is 4.44. The maximum atomic E-state index is 12.5. The van der Waals surface area contributed by atoms with E-state index in [0.717, 1.165) is 27.5 Å². The zero-order chi connectivity index (χ0) is 19.8. The monoisotopic (exact) mass is 371 g/mol. The first-order valence-electron chi connectivity index (χ1n) is 9.27. The SMILES string of the molecule is Cc1ccncc1-c1cc(N)c2cnc(NC(=O)C3[C@@H](CC#N)[C@H]3C)cc2c1. The first-order valence-corrected chi connectivity index (χ1v) is 9.27. The fourth-order valence-electron chi connectivity index (χ4n) is 3.88. The van der Waals surface area contributed by atoms with Crippen molar-refractivity contribution in [2.24, 2.45) is 17.8 Å². The minimum absolute atomic E-state index is 0.0770. The molecule has 140 valence electrons. The van der Waals surface area contributed by atoms with Crippen LogP contribution in [0.5, 0.6) is 0 Å². The van der Waals surface area contributed by atoms with Gasteiger partial charge in [0, 0.05) is 47.6 Å². The predicted octanol–water partition coefficient (Wildman–Crippen LogP) is 3.92. The van der Waals surface area contributed by atoms with Crippen molar-refractivity contribution in [3.05, 3.63) is 48.4 Å². The molecule has 2 aromatic heterocycles. The van der Waals surface area contributed by atoms with Crippen LogP contribution in [-0.2, 0) is 4.79 Å². The number of benzene rings is 1. The number of rotatable bonds is 4. The van der Waals surface area contributed by atoms with Crippen molar-refractivity contribution in [1.29, 1.82) is 5.26 Å². The Hall–Kier alpha value is -3.46. The van der Waals surface area contributed by atoms with Gasteiger partial charge in [-0.15, -0.1) is 0 Å². The van der Waals surface area contributed by atoms with Gasteiger partial charge in [-0.3, -0.25) is 9.78 Å². The lowest BCUT2D eigenvalue weighted by atomic mass is 9.99. The largest absolute Gasteiger partial charge is 0.398 e. The number of aromatic nitrogens is 2. The van der Waals surface area contributed by atoms with Gasteiger partial charge < -0.3 is 11.1 Å². The number of nitrogens with zero attached hydrogens (tertiary/aromatic N) is 3. The summed E-state index contributed by atoms with van der Waals surface area (Å²) in [4.78, 5) is 21.1. The molecule has 1 aliphatic carbocycles. The molecule has 4 rings (SSSR count). The number of fused-ring (bicyclic) bond motifs is 1. The molecule has 6 heteroatoms. The highest BCUT2D eigenvalue weighted by Gasteiger charge is 2.51. The average molecular weight is 371 g/mol. The number of aryl methyl sites for hydroxylation is 1. The van der Waals surface area contributed by atoms with Gasteiger partial charge in [-0.1, -0.05) is 6.92 Å². The molecular weight excluding hydrogens is 350 g/mol. The molecule has 2 heterocycles. The van der Waals surface area contributed by atoms with Gasteiger partial charge in [-0.05, 0) is 59.5 Å². The van der Waals surface area contributed by atoms with Crippen LogP contribution in [0.2, 0.25) is 0 Å². The smallest absolute Gasteiger partial charge is 0.229 e. The normalized spacial score (nSPS) is 20.5. The Bertz CT molecular complexity index is 1120. The predicted molar refractivity (Wildman–Crippen MR) is 109 cm³/mol. The summed E-state index contributed by atoms with van der Waals surface area (Å²) in [6.07, 6.45) is 5.68. The number of anilines is 2. The van der Waals surface area contributed by atoms with Gasteiger partial charge in [0.1, 0.15) is 5.82 Å². The third-order valence-corrected chi connectivity index (χ3v) is 5.66. The number of nitrogens with one attached hydrogen (secondary N) is 1. The number of hydrogen-bond acceptors (Lipinski definition) is 5. The first kappa shape index (κ1) is 17.9. The molecule has 1 aliphatic rings. The second kappa shape index (κ2) is 6.93. The van der Waals surface area contributed by atoms with E-state index in [1.54, 1.807) is 12.4 Å². The van der Waals surface area contributed by atoms with Crippen molar-refractivity contribution in [3.8, 4) is 17.2 Å². The van der Waals surface area contributed by atoms with Crippen LogP contribution in [0.4, 0.5) is 11.5 Å². The Morgan fingerprint density at radius 1 is 1.32 bits per heavy atom. The van der Waals surface area contributed by atoms with E-state index >= 15 is 0 Å². The van der Waals surface area contributed by atoms with E-state index in [9.17, 15) is 4.79 Å². The first-order chi connectivity index (χ1) is 13.5. The van der Waals surface area contributed by atoms with Crippen LogP contribution < -0.4 is 11.1 Å². The van der Waals surface area contributed by atoms with Crippen LogP contribution in [0.1, 0.15) is 18.9 Å². The Morgan fingerprint density at radius 2 is 2.14 bits per heavy atom. The van der Waals surface area contributed by atoms with Crippen molar-refractivity contribution in [3.63, 3.8) is 0 Å². The number of nitriles is 1. The Morgan fingerprint density at radius 3 is 2.89 bits per heavy atom. The summed E-state index contributed by atoms with van der Waals surface area (Å²) in [7, 11) is 0. The third-order valence-electron chi connectivity index (χ3n) is 5.66. The molecule has 28 heavy (non-hydrogen) atoms. The topological polar surface area (TPSA) is 105 Å². The Labute approximate surface area is 163 Å². The van der Waals surface area contributed by atoms with Gasteiger partial charge in [0.25, 0.3) is 0 Å².